The third kappa shape index (κ3) is 12.6. The van der Waals surface area contributed by atoms with Crippen LogP contribution in [0.5, 0.6) is 0 Å². The molecule has 0 saturated heterocycles. The van der Waals surface area contributed by atoms with Gasteiger partial charge in [0.15, 0.2) is 0 Å². The molecule has 0 aromatic heterocycles. The van der Waals surface area contributed by atoms with Gasteiger partial charge in [-0.2, -0.15) is 0 Å². The molecule has 0 spiro atoms. The summed E-state index contributed by atoms with van der Waals surface area (Å²) >= 11 is 0. The Bertz CT molecular complexity index is 354. The van der Waals surface area contributed by atoms with E-state index in [0.717, 1.165) is 12.8 Å². The van der Waals surface area contributed by atoms with Gasteiger partial charge in [-0.05, 0) is 24.9 Å². The van der Waals surface area contributed by atoms with Crippen LogP contribution in [0.25, 0.3) is 0 Å². The Morgan fingerprint density at radius 2 is 1.29 bits per heavy atom. The monoisotopic (exact) mass is 286 g/mol. The Morgan fingerprint density at radius 3 is 1.76 bits per heavy atom. The fourth-order valence-electron chi connectivity index (χ4n) is 2.14. The van der Waals surface area contributed by atoms with Crippen LogP contribution in [0.15, 0.2) is 0 Å². The van der Waals surface area contributed by atoms with E-state index >= 15 is 0 Å². The van der Waals surface area contributed by atoms with Gasteiger partial charge in [0.2, 0.25) is 0 Å². The Labute approximate surface area is 134 Å². The molecule has 0 aliphatic rings. The van der Waals surface area contributed by atoms with Crippen molar-refractivity contribution in [3.63, 3.8) is 0 Å². The van der Waals surface area contributed by atoms with Crippen LogP contribution in [0.3, 0.4) is 0 Å². The van der Waals surface area contributed by atoms with E-state index in [-0.39, 0.29) is 0 Å². The lowest BCUT2D eigenvalue weighted by Gasteiger charge is -2.27. The van der Waals surface area contributed by atoms with Crippen LogP contribution in [0.4, 0.5) is 0 Å². The Morgan fingerprint density at radius 1 is 0.762 bits per heavy atom. The molecule has 1 radical (unpaired) electrons. The molecule has 0 rings (SSSR count). The van der Waals surface area contributed by atoms with E-state index in [1.807, 2.05) is 0 Å². The first kappa shape index (κ1) is 20.1. The zero-order chi connectivity index (χ0) is 16.1. The molecule has 0 heterocycles. The maximum Gasteiger partial charge on any atom is 0.312 e. The molecule has 0 aromatic carbocycles. The van der Waals surface area contributed by atoms with E-state index in [1.54, 1.807) is 0 Å². The van der Waals surface area contributed by atoms with Crippen molar-refractivity contribution in [1.82, 2.24) is 4.81 Å². The van der Waals surface area contributed by atoms with Crippen LogP contribution < -0.4 is 0 Å². The Kier molecular flexibility index (Phi) is 12.3. The van der Waals surface area contributed by atoms with Gasteiger partial charge < -0.3 is 4.81 Å². The highest BCUT2D eigenvalue weighted by molar-refractivity contribution is 6.43. The smallest absolute Gasteiger partial charge is 0.312 e. The third-order valence-corrected chi connectivity index (χ3v) is 3.25. The van der Waals surface area contributed by atoms with Gasteiger partial charge in [-0.15, -0.1) is 23.6 Å². The van der Waals surface area contributed by atoms with Gasteiger partial charge in [0.05, 0.1) is 0 Å². The summed E-state index contributed by atoms with van der Waals surface area (Å²) in [5, 5.41) is 0. The molecule has 117 valence electrons. The van der Waals surface area contributed by atoms with E-state index in [4.69, 9.17) is 0 Å². The molecule has 0 atom stereocenters. The van der Waals surface area contributed by atoms with E-state index in [2.05, 4.69) is 77.3 Å². The lowest BCUT2D eigenvalue weighted by molar-refractivity contribution is 0.315. The molecule has 2 heteroatoms. The van der Waals surface area contributed by atoms with Crippen molar-refractivity contribution in [2.45, 2.75) is 92.2 Å². The molecule has 0 aliphatic heterocycles. The SMILES string of the molecule is CC(C)C#CCCCCCCC#C[B]N(C(C)C)C(C)C. The second-order valence-electron chi connectivity index (χ2n) is 6.47. The standard InChI is InChI=1S/C19H33BN/c1-17(2)15-13-11-9-7-8-10-12-14-16-20-21(18(3)4)19(5)6/h17-19H,7-12H2,1-6H3. The number of hydrogen-bond acceptors (Lipinski definition) is 1. The second kappa shape index (κ2) is 12.9. The average Bonchev–Trinajstić information content (AvgIpc) is 2.38. The fourth-order valence-corrected chi connectivity index (χ4v) is 2.14. The van der Waals surface area contributed by atoms with Gasteiger partial charge in [-0.3, -0.25) is 0 Å². The summed E-state index contributed by atoms with van der Waals surface area (Å²) in [6.07, 6.45) is 7.06. The van der Waals surface area contributed by atoms with Crippen LogP contribution in [0.2, 0.25) is 0 Å². The third-order valence-electron chi connectivity index (χ3n) is 3.25. The van der Waals surface area contributed by atoms with Crippen LogP contribution in [0, 0.1) is 29.5 Å². The van der Waals surface area contributed by atoms with Crippen LogP contribution in [-0.2, 0) is 0 Å². The van der Waals surface area contributed by atoms with Crippen LogP contribution in [0.1, 0.15) is 80.1 Å². The average molecular weight is 286 g/mol. The van der Waals surface area contributed by atoms with Gasteiger partial charge in [0.25, 0.3) is 0 Å². The lowest BCUT2D eigenvalue weighted by Crippen LogP contribution is -2.39. The first-order valence-electron chi connectivity index (χ1n) is 8.52. The number of hydrogen-bond donors (Lipinski definition) is 0. The summed E-state index contributed by atoms with van der Waals surface area (Å²) in [4.78, 5) is 2.31. The fraction of sp³-hybridized carbons (Fsp3) is 0.789. The van der Waals surface area contributed by atoms with E-state index in [1.165, 1.54) is 25.7 Å². The molecule has 0 aliphatic carbocycles. The highest BCUT2D eigenvalue weighted by Crippen LogP contribution is 2.05. The molecule has 0 bridgehead atoms. The molecule has 0 unspecified atom stereocenters. The maximum atomic E-state index is 3.27. The van der Waals surface area contributed by atoms with Crippen molar-refractivity contribution in [3.05, 3.63) is 0 Å². The van der Waals surface area contributed by atoms with E-state index < -0.39 is 0 Å². The van der Waals surface area contributed by atoms with Crippen molar-refractivity contribution in [2.24, 2.45) is 5.92 Å². The lowest BCUT2D eigenvalue weighted by atomic mass is 9.88. The molecular weight excluding hydrogens is 253 g/mol. The van der Waals surface area contributed by atoms with E-state index in [9.17, 15) is 0 Å². The van der Waals surface area contributed by atoms with Crippen molar-refractivity contribution < 1.29 is 0 Å². The highest BCUT2D eigenvalue weighted by atomic mass is 15.1. The molecule has 1 nitrogen and oxygen atoms in total. The summed E-state index contributed by atoms with van der Waals surface area (Å²) in [6.45, 7) is 13.1. The Hall–Kier alpha value is -0.855. The van der Waals surface area contributed by atoms with Crippen molar-refractivity contribution in [2.75, 3.05) is 0 Å². The van der Waals surface area contributed by atoms with Gasteiger partial charge in [-0.1, -0.05) is 54.4 Å². The Balaban J connectivity index is 3.60. The zero-order valence-electron chi connectivity index (χ0n) is 15.0. The minimum atomic E-state index is 0.507. The van der Waals surface area contributed by atoms with Crippen molar-refractivity contribution in [1.29, 1.82) is 0 Å². The van der Waals surface area contributed by atoms with Gasteiger partial charge in [0, 0.05) is 18.8 Å². The predicted octanol–water partition coefficient (Wildman–Crippen LogP) is 4.69. The molecule has 0 saturated carbocycles. The van der Waals surface area contributed by atoms with Crippen LogP contribution >= 0.6 is 0 Å². The first-order chi connectivity index (χ1) is 9.95. The molecule has 0 N–H and O–H groups in total. The first-order valence-corrected chi connectivity index (χ1v) is 8.52. The summed E-state index contributed by atoms with van der Waals surface area (Å²) in [5.41, 5.74) is 0. The quantitative estimate of drug-likeness (QED) is 0.355. The topological polar surface area (TPSA) is 3.24 Å². The molecule has 0 aromatic rings. The van der Waals surface area contributed by atoms with Crippen molar-refractivity contribution >= 4 is 7.41 Å². The molecule has 21 heavy (non-hydrogen) atoms. The predicted molar refractivity (Wildman–Crippen MR) is 96.0 cm³/mol. The number of nitrogens with zero attached hydrogens (tertiary/aromatic N) is 1. The summed E-state index contributed by atoms with van der Waals surface area (Å²) < 4.78 is 0. The van der Waals surface area contributed by atoms with Crippen molar-refractivity contribution in [3.8, 4) is 23.6 Å². The number of rotatable bonds is 8. The minimum absolute atomic E-state index is 0.507. The maximum absolute atomic E-state index is 3.27. The molecule has 0 amide bonds. The van der Waals surface area contributed by atoms with Crippen LogP contribution in [-0.4, -0.2) is 24.3 Å². The molecule has 0 fully saturated rings. The van der Waals surface area contributed by atoms with Gasteiger partial charge in [-0.25, -0.2) is 0 Å². The number of unbranched alkanes of at least 4 members (excludes halogenated alkanes) is 5. The largest absolute Gasteiger partial charge is 0.330 e. The van der Waals surface area contributed by atoms with E-state index in [0.29, 0.717) is 18.0 Å². The molecular formula is C19H33BN. The van der Waals surface area contributed by atoms with Gasteiger partial charge >= 0.3 is 7.41 Å². The second-order valence-corrected chi connectivity index (χ2v) is 6.47. The summed E-state index contributed by atoms with van der Waals surface area (Å²) in [5.74, 6) is 13.4. The zero-order valence-corrected chi connectivity index (χ0v) is 15.0. The summed E-state index contributed by atoms with van der Waals surface area (Å²) in [6, 6.07) is 1.04. The summed E-state index contributed by atoms with van der Waals surface area (Å²) in [7, 11) is 2.05. The minimum Gasteiger partial charge on any atom is -0.330 e. The normalized spacial score (nSPS) is 10.6. The highest BCUT2D eigenvalue weighted by Gasteiger charge is 2.12. The van der Waals surface area contributed by atoms with Gasteiger partial charge in [0.1, 0.15) is 0 Å².